The van der Waals surface area contributed by atoms with Gasteiger partial charge in [0.1, 0.15) is 5.75 Å². The van der Waals surface area contributed by atoms with Crippen LogP contribution in [0.5, 0.6) is 5.75 Å². The Hall–Kier alpha value is -1.06. The second-order valence-electron chi connectivity index (χ2n) is 6.09. The minimum absolute atomic E-state index is 0.194. The van der Waals surface area contributed by atoms with Crippen molar-refractivity contribution in [3.8, 4) is 5.75 Å². The molecule has 3 atom stereocenters. The first-order chi connectivity index (χ1) is 9.69. The first kappa shape index (κ1) is 15.3. The van der Waals surface area contributed by atoms with Crippen LogP contribution in [0.15, 0.2) is 18.2 Å². The molecule has 3 heteroatoms. The lowest BCUT2D eigenvalue weighted by molar-refractivity contribution is 0.207. The number of benzene rings is 1. The Bertz CT molecular complexity index is 433. The van der Waals surface area contributed by atoms with Crippen molar-refractivity contribution < 1.29 is 4.74 Å². The molecular weight excluding hydrogens is 248 g/mol. The average Bonchev–Trinajstić information content (AvgIpc) is 2.49. The van der Waals surface area contributed by atoms with E-state index in [-0.39, 0.29) is 6.04 Å². The highest BCUT2D eigenvalue weighted by atomic mass is 16.5. The summed E-state index contributed by atoms with van der Waals surface area (Å²) >= 11 is 0. The van der Waals surface area contributed by atoms with E-state index in [1.807, 2.05) is 0 Å². The summed E-state index contributed by atoms with van der Waals surface area (Å²) < 4.78 is 5.56. The van der Waals surface area contributed by atoms with Crippen molar-refractivity contribution in [2.24, 2.45) is 17.7 Å². The van der Waals surface area contributed by atoms with Crippen LogP contribution in [0.4, 0.5) is 0 Å². The number of hydrogen-bond donors (Lipinski definition) is 2. The van der Waals surface area contributed by atoms with Gasteiger partial charge < -0.3 is 4.74 Å². The van der Waals surface area contributed by atoms with Gasteiger partial charge >= 0.3 is 0 Å². The van der Waals surface area contributed by atoms with Gasteiger partial charge in [0.25, 0.3) is 0 Å². The topological polar surface area (TPSA) is 47.3 Å². The van der Waals surface area contributed by atoms with E-state index in [1.54, 1.807) is 7.11 Å². The van der Waals surface area contributed by atoms with Crippen molar-refractivity contribution in [1.82, 2.24) is 5.43 Å². The number of hydrazine groups is 1. The molecule has 20 heavy (non-hydrogen) atoms. The second-order valence-corrected chi connectivity index (χ2v) is 6.09. The fraction of sp³-hybridized carbons (Fsp3) is 0.647. The van der Waals surface area contributed by atoms with Gasteiger partial charge in [0, 0.05) is 5.56 Å². The Labute approximate surface area is 122 Å². The molecule has 0 heterocycles. The maximum atomic E-state index is 5.88. The van der Waals surface area contributed by atoms with E-state index in [0.717, 1.165) is 11.7 Å². The maximum absolute atomic E-state index is 5.88. The highest BCUT2D eigenvalue weighted by Gasteiger charge is 2.29. The molecule has 0 bridgehead atoms. The van der Waals surface area contributed by atoms with Crippen LogP contribution in [0.25, 0.3) is 0 Å². The number of hydrogen-bond acceptors (Lipinski definition) is 3. The number of aryl methyl sites for hydroxylation is 1. The largest absolute Gasteiger partial charge is 0.496 e. The average molecular weight is 276 g/mol. The number of nitrogens with one attached hydrogen (secondary N) is 1. The number of ether oxygens (including phenoxy) is 1. The first-order valence-electron chi connectivity index (χ1n) is 7.80. The van der Waals surface area contributed by atoms with Crippen molar-refractivity contribution in [1.29, 1.82) is 0 Å². The zero-order chi connectivity index (χ0) is 14.5. The van der Waals surface area contributed by atoms with Gasteiger partial charge in [0.05, 0.1) is 13.2 Å². The van der Waals surface area contributed by atoms with Crippen LogP contribution >= 0.6 is 0 Å². The minimum atomic E-state index is 0.194. The smallest absolute Gasteiger partial charge is 0.123 e. The minimum Gasteiger partial charge on any atom is -0.496 e. The van der Waals surface area contributed by atoms with Crippen LogP contribution in [0.3, 0.4) is 0 Å². The number of methoxy groups -OCH3 is 1. The zero-order valence-corrected chi connectivity index (χ0v) is 13.0. The van der Waals surface area contributed by atoms with Gasteiger partial charge in [-0.05, 0) is 43.2 Å². The van der Waals surface area contributed by atoms with Crippen LogP contribution in [0, 0.1) is 18.8 Å². The van der Waals surface area contributed by atoms with Crippen molar-refractivity contribution in [3.63, 3.8) is 0 Å². The molecule has 1 aliphatic rings. The van der Waals surface area contributed by atoms with Gasteiger partial charge in [-0.1, -0.05) is 38.3 Å². The molecule has 0 saturated heterocycles. The fourth-order valence-electron chi connectivity index (χ4n) is 3.56. The predicted octanol–water partition coefficient (Wildman–Crippen LogP) is 3.72. The maximum Gasteiger partial charge on any atom is 0.123 e. The van der Waals surface area contributed by atoms with Crippen LogP contribution in [-0.4, -0.2) is 7.11 Å². The van der Waals surface area contributed by atoms with Crippen molar-refractivity contribution in [2.75, 3.05) is 7.11 Å². The summed E-state index contributed by atoms with van der Waals surface area (Å²) in [5, 5.41) is 0. The van der Waals surface area contributed by atoms with E-state index in [4.69, 9.17) is 10.6 Å². The van der Waals surface area contributed by atoms with E-state index in [1.165, 1.54) is 43.2 Å². The molecule has 1 aromatic carbocycles. The highest BCUT2D eigenvalue weighted by molar-refractivity contribution is 5.39. The molecule has 1 aliphatic carbocycles. The molecule has 1 saturated carbocycles. The molecule has 2 rings (SSSR count). The lowest BCUT2D eigenvalue weighted by atomic mass is 9.75. The molecule has 3 unspecified atom stereocenters. The summed E-state index contributed by atoms with van der Waals surface area (Å²) in [7, 11) is 1.74. The Balaban J connectivity index is 2.23. The Morgan fingerprint density at radius 1 is 1.40 bits per heavy atom. The summed E-state index contributed by atoms with van der Waals surface area (Å²) in [6, 6.07) is 6.59. The first-order valence-corrected chi connectivity index (χ1v) is 7.80. The third kappa shape index (κ3) is 3.33. The Morgan fingerprint density at radius 3 is 2.85 bits per heavy atom. The molecule has 3 N–H and O–H groups in total. The standard InChI is InChI=1S/C17H28N2O/c1-4-13-6-5-7-14(11-13)17(19-18)15-9-8-12(2)10-16(15)20-3/h8-10,13-14,17,19H,4-7,11,18H2,1-3H3. The lowest BCUT2D eigenvalue weighted by Gasteiger charge is -2.34. The van der Waals surface area contributed by atoms with Gasteiger partial charge in [-0.15, -0.1) is 0 Å². The number of rotatable bonds is 5. The quantitative estimate of drug-likeness (QED) is 0.636. The molecule has 3 nitrogen and oxygen atoms in total. The molecule has 0 spiro atoms. The van der Waals surface area contributed by atoms with E-state index in [9.17, 15) is 0 Å². The van der Waals surface area contributed by atoms with Crippen molar-refractivity contribution >= 4 is 0 Å². The van der Waals surface area contributed by atoms with Crippen molar-refractivity contribution in [3.05, 3.63) is 29.3 Å². The molecule has 1 fully saturated rings. The van der Waals surface area contributed by atoms with E-state index in [0.29, 0.717) is 5.92 Å². The second kappa shape index (κ2) is 7.09. The molecule has 0 amide bonds. The molecule has 112 valence electrons. The zero-order valence-electron chi connectivity index (χ0n) is 13.0. The third-order valence-corrected chi connectivity index (χ3v) is 4.78. The summed E-state index contributed by atoms with van der Waals surface area (Å²) in [4.78, 5) is 0. The van der Waals surface area contributed by atoms with Crippen LogP contribution in [0.1, 0.15) is 56.2 Å². The Kier molecular flexibility index (Phi) is 5.44. The summed E-state index contributed by atoms with van der Waals surface area (Å²) in [5.74, 6) is 8.28. The third-order valence-electron chi connectivity index (χ3n) is 4.78. The predicted molar refractivity (Wildman–Crippen MR) is 83.5 cm³/mol. The van der Waals surface area contributed by atoms with Gasteiger partial charge in [-0.3, -0.25) is 11.3 Å². The van der Waals surface area contributed by atoms with Gasteiger partial charge in [-0.25, -0.2) is 0 Å². The molecule has 0 radical (unpaired) electrons. The Morgan fingerprint density at radius 2 is 2.20 bits per heavy atom. The van der Waals surface area contributed by atoms with Crippen LogP contribution < -0.4 is 16.0 Å². The van der Waals surface area contributed by atoms with Crippen molar-refractivity contribution in [2.45, 2.75) is 52.0 Å². The summed E-state index contributed by atoms with van der Waals surface area (Å²) in [6.45, 7) is 4.38. The van der Waals surface area contributed by atoms with Gasteiger partial charge in [0.15, 0.2) is 0 Å². The summed E-state index contributed by atoms with van der Waals surface area (Å²) in [6.07, 6.45) is 6.48. The molecular formula is C17H28N2O. The molecule has 0 aliphatic heterocycles. The fourth-order valence-corrected chi connectivity index (χ4v) is 3.56. The van der Waals surface area contributed by atoms with Gasteiger partial charge in [0.2, 0.25) is 0 Å². The monoisotopic (exact) mass is 276 g/mol. The molecule has 0 aromatic heterocycles. The highest BCUT2D eigenvalue weighted by Crippen LogP contribution is 2.40. The molecule has 1 aromatic rings. The van der Waals surface area contributed by atoms with Gasteiger partial charge in [-0.2, -0.15) is 0 Å². The summed E-state index contributed by atoms with van der Waals surface area (Å²) in [5.41, 5.74) is 5.46. The normalized spacial score (nSPS) is 24.4. The van der Waals surface area contributed by atoms with E-state index >= 15 is 0 Å². The van der Waals surface area contributed by atoms with Crippen LogP contribution in [-0.2, 0) is 0 Å². The van der Waals surface area contributed by atoms with E-state index in [2.05, 4.69) is 37.5 Å². The van der Waals surface area contributed by atoms with E-state index < -0.39 is 0 Å². The number of nitrogens with two attached hydrogens (primary N) is 1. The SMILES string of the molecule is CCC1CCCC(C(NN)c2ccc(C)cc2OC)C1. The van der Waals surface area contributed by atoms with Crippen LogP contribution in [0.2, 0.25) is 0 Å². The lowest BCUT2D eigenvalue weighted by Crippen LogP contribution is -2.36.